The van der Waals surface area contributed by atoms with E-state index in [1.54, 1.807) is 6.07 Å². The van der Waals surface area contributed by atoms with Gasteiger partial charge in [-0.15, -0.1) is 0 Å². The number of aliphatic hydroxyl groups excluding tert-OH is 1. The number of anilines is 1. The zero-order valence-corrected chi connectivity index (χ0v) is 9.92. The molecule has 0 bridgehead atoms. The maximum absolute atomic E-state index is 12.7. The van der Waals surface area contributed by atoms with E-state index in [9.17, 15) is 4.39 Å². The van der Waals surface area contributed by atoms with E-state index < -0.39 is 0 Å². The molecule has 0 aliphatic heterocycles. The van der Waals surface area contributed by atoms with Crippen molar-refractivity contribution in [3.8, 4) is 0 Å². The Morgan fingerprint density at radius 2 is 2.14 bits per heavy atom. The van der Waals surface area contributed by atoms with E-state index in [-0.39, 0.29) is 12.4 Å². The Hall–Kier alpha value is -0.360. The average molecular weight is 309 g/mol. The second-order valence-electron chi connectivity index (χ2n) is 2.98. The third-order valence-electron chi connectivity index (χ3n) is 1.83. The summed E-state index contributed by atoms with van der Waals surface area (Å²) in [6, 6.07) is 4.67. The Labute approximate surface area is 96.7 Å². The Morgan fingerprint density at radius 1 is 1.36 bits per heavy atom. The smallest absolute Gasteiger partial charge is 0.124 e. The van der Waals surface area contributed by atoms with Gasteiger partial charge in [0.1, 0.15) is 5.82 Å². The van der Waals surface area contributed by atoms with Gasteiger partial charge in [-0.3, -0.25) is 0 Å². The molecule has 0 saturated heterocycles. The molecule has 2 N–H and O–H groups in total. The predicted octanol–water partition coefficient (Wildman–Crippen LogP) is 2.61. The molecule has 0 radical (unpaired) electrons. The second kappa shape index (κ2) is 6.19. The molecule has 2 nitrogen and oxygen atoms in total. The van der Waals surface area contributed by atoms with Gasteiger partial charge in [0.15, 0.2) is 0 Å². The fraction of sp³-hybridized carbons (Fsp3) is 0.400. The first-order valence-electron chi connectivity index (χ1n) is 4.54. The Kier molecular flexibility index (Phi) is 5.17. The van der Waals surface area contributed by atoms with Gasteiger partial charge in [-0.25, -0.2) is 4.39 Å². The van der Waals surface area contributed by atoms with Crippen molar-refractivity contribution >= 4 is 28.3 Å². The van der Waals surface area contributed by atoms with Gasteiger partial charge in [-0.2, -0.15) is 0 Å². The predicted molar refractivity (Wildman–Crippen MR) is 63.9 cm³/mol. The normalized spacial score (nSPS) is 10.2. The molecule has 1 rings (SSSR count). The number of unbranched alkanes of at least 4 members (excludes halogenated alkanes) is 1. The van der Waals surface area contributed by atoms with Crippen LogP contribution in [0.3, 0.4) is 0 Å². The van der Waals surface area contributed by atoms with Gasteiger partial charge in [-0.05, 0) is 53.6 Å². The number of rotatable bonds is 5. The number of nitrogens with one attached hydrogen (secondary N) is 1. The maximum atomic E-state index is 12.7. The zero-order valence-electron chi connectivity index (χ0n) is 7.76. The largest absolute Gasteiger partial charge is 0.396 e. The monoisotopic (exact) mass is 309 g/mol. The van der Waals surface area contributed by atoms with Gasteiger partial charge >= 0.3 is 0 Å². The van der Waals surface area contributed by atoms with Crippen LogP contribution in [0.5, 0.6) is 0 Å². The van der Waals surface area contributed by atoms with E-state index in [1.807, 2.05) is 0 Å². The fourth-order valence-corrected chi connectivity index (χ4v) is 1.76. The second-order valence-corrected chi connectivity index (χ2v) is 4.14. The minimum atomic E-state index is -0.213. The molecule has 0 saturated carbocycles. The summed E-state index contributed by atoms with van der Waals surface area (Å²) in [7, 11) is 0. The minimum Gasteiger partial charge on any atom is -0.396 e. The maximum Gasteiger partial charge on any atom is 0.124 e. The molecule has 78 valence electrons. The lowest BCUT2D eigenvalue weighted by Gasteiger charge is -2.07. The molecule has 0 heterocycles. The van der Waals surface area contributed by atoms with Crippen molar-refractivity contribution in [1.82, 2.24) is 0 Å². The van der Waals surface area contributed by atoms with Crippen LogP contribution in [0.4, 0.5) is 10.1 Å². The van der Waals surface area contributed by atoms with Crippen molar-refractivity contribution in [2.24, 2.45) is 0 Å². The first-order valence-corrected chi connectivity index (χ1v) is 5.61. The van der Waals surface area contributed by atoms with E-state index in [0.29, 0.717) is 0 Å². The molecule has 0 unspecified atom stereocenters. The molecule has 0 spiro atoms. The highest BCUT2D eigenvalue weighted by atomic mass is 127. The minimum absolute atomic E-state index is 0.213. The van der Waals surface area contributed by atoms with Crippen LogP contribution < -0.4 is 5.32 Å². The molecule has 0 atom stereocenters. The van der Waals surface area contributed by atoms with Gasteiger partial charge in [0.05, 0.1) is 0 Å². The topological polar surface area (TPSA) is 32.3 Å². The van der Waals surface area contributed by atoms with Crippen LogP contribution >= 0.6 is 22.6 Å². The highest BCUT2D eigenvalue weighted by Gasteiger charge is 1.99. The summed E-state index contributed by atoms with van der Waals surface area (Å²) in [6.07, 6.45) is 1.72. The third kappa shape index (κ3) is 3.79. The molecule has 0 fully saturated rings. The molecule has 1 aromatic carbocycles. The summed E-state index contributed by atoms with van der Waals surface area (Å²) in [4.78, 5) is 0. The quantitative estimate of drug-likeness (QED) is 0.647. The van der Waals surface area contributed by atoms with Crippen LogP contribution in [0.15, 0.2) is 18.2 Å². The van der Waals surface area contributed by atoms with Crippen LogP contribution in [0.2, 0.25) is 0 Å². The number of hydrogen-bond donors (Lipinski definition) is 2. The summed E-state index contributed by atoms with van der Waals surface area (Å²) in [6.45, 7) is 1.03. The van der Waals surface area contributed by atoms with Crippen molar-refractivity contribution in [2.45, 2.75) is 12.8 Å². The Balaban J connectivity index is 2.42. The van der Waals surface area contributed by atoms with Crippen molar-refractivity contribution in [1.29, 1.82) is 0 Å². The van der Waals surface area contributed by atoms with Crippen LogP contribution in [0.25, 0.3) is 0 Å². The van der Waals surface area contributed by atoms with E-state index >= 15 is 0 Å². The summed E-state index contributed by atoms with van der Waals surface area (Å²) in [5.74, 6) is -0.213. The molecule has 0 aliphatic rings. The standard InChI is InChI=1S/C10H13FINO/c11-8-3-4-10(9(12)7-8)13-5-1-2-6-14/h3-4,7,13-14H,1-2,5-6H2. The van der Waals surface area contributed by atoms with Gasteiger partial charge in [0.25, 0.3) is 0 Å². The molecule has 4 heteroatoms. The first kappa shape index (κ1) is 11.7. The third-order valence-corrected chi connectivity index (χ3v) is 2.72. The number of benzene rings is 1. The lowest BCUT2D eigenvalue weighted by molar-refractivity contribution is 0.286. The van der Waals surface area contributed by atoms with Gasteiger partial charge in [-0.1, -0.05) is 0 Å². The summed E-state index contributed by atoms with van der Waals surface area (Å²) in [5.41, 5.74) is 0.949. The molecule has 1 aromatic rings. The first-order chi connectivity index (χ1) is 6.74. The number of hydrogen-bond acceptors (Lipinski definition) is 2. The lowest BCUT2D eigenvalue weighted by Crippen LogP contribution is -2.03. The van der Waals surface area contributed by atoms with E-state index in [0.717, 1.165) is 28.6 Å². The highest BCUT2D eigenvalue weighted by Crippen LogP contribution is 2.18. The van der Waals surface area contributed by atoms with E-state index in [1.165, 1.54) is 12.1 Å². The van der Waals surface area contributed by atoms with Crippen LogP contribution in [-0.4, -0.2) is 18.3 Å². The molecule has 14 heavy (non-hydrogen) atoms. The van der Waals surface area contributed by atoms with E-state index in [4.69, 9.17) is 5.11 Å². The molecule has 0 aliphatic carbocycles. The highest BCUT2D eigenvalue weighted by molar-refractivity contribution is 14.1. The Bertz CT molecular complexity index is 293. The molecule has 0 aromatic heterocycles. The number of halogens is 2. The van der Waals surface area contributed by atoms with Crippen molar-refractivity contribution < 1.29 is 9.50 Å². The van der Waals surface area contributed by atoms with Gasteiger partial charge in [0.2, 0.25) is 0 Å². The summed E-state index contributed by atoms with van der Waals surface area (Å²) < 4.78 is 13.6. The fourth-order valence-electron chi connectivity index (χ4n) is 1.09. The zero-order chi connectivity index (χ0) is 10.4. The van der Waals surface area contributed by atoms with Crippen molar-refractivity contribution in [3.05, 3.63) is 27.6 Å². The van der Waals surface area contributed by atoms with Gasteiger partial charge in [0, 0.05) is 22.4 Å². The average Bonchev–Trinajstić information content (AvgIpc) is 2.15. The molecule has 0 amide bonds. The molecular formula is C10H13FINO. The van der Waals surface area contributed by atoms with Gasteiger partial charge < -0.3 is 10.4 Å². The Morgan fingerprint density at radius 3 is 2.79 bits per heavy atom. The lowest BCUT2D eigenvalue weighted by atomic mass is 10.3. The van der Waals surface area contributed by atoms with E-state index in [2.05, 4.69) is 27.9 Å². The van der Waals surface area contributed by atoms with Crippen molar-refractivity contribution in [2.75, 3.05) is 18.5 Å². The number of aliphatic hydroxyl groups is 1. The van der Waals surface area contributed by atoms with Crippen molar-refractivity contribution in [3.63, 3.8) is 0 Å². The SMILES string of the molecule is OCCCCNc1ccc(F)cc1I. The summed E-state index contributed by atoms with van der Waals surface area (Å²) in [5, 5.41) is 11.8. The van der Waals surface area contributed by atoms with Crippen LogP contribution in [0, 0.1) is 9.39 Å². The summed E-state index contributed by atoms with van der Waals surface area (Å²) >= 11 is 2.10. The molecular weight excluding hydrogens is 296 g/mol. The van der Waals surface area contributed by atoms with Crippen LogP contribution in [-0.2, 0) is 0 Å². The van der Waals surface area contributed by atoms with Crippen LogP contribution in [0.1, 0.15) is 12.8 Å².